The number of carbonyl (C=O) groups is 1. The smallest absolute Gasteiger partial charge is 0.250 e. The lowest BCUT2D eigenvalue weighted by Gasteiger charge is -2.18. The van der Waals surface area contributed by atoms with Crippen LogP contribution < -0.4 is 15.8 Å². The molecule has 0 saturated carbocycles. The molecule has 0 aliphatic rings. The van der Waals surface area contributed by atoms with Gasteiger partial charge in [-0.25, -0.2) is 0 Å². The molecule has 5 heteroatoms. The number of methoxy groups -OCH3 is 1. The van der Waals surface area contributed by atoms with Gasteiger partial charge in [0.15, 0.2) is 0 Å². The number of hydrogen-bond donors (Lipinski definition) is 2. The molecule has 0 atom stereocenters. The van der Waals surface area contributed by atoms with E-state index in [1.54, 1.807) is 19.2 Å². The maximum Gasteiger partial charge on any atom is 0.250 e. The van der Waals surface area contributed by atoms with Gasteiger partial charge in [0.2, 0.25) is 5.91 Å². The molecule has 18 heavy (non-hydrogen) atoms. The molecule has 0 heterocycles. The molecule has 1 amide bonds. The number of nitrogens with one attached hydrogen (secondary N) is 1. The van der Waals surface area contributed by atoms with Gasteiger partial charge in [-0.15, -0.1) is 0 Å². The summed E-state index contributed by atoms with van der Waals surface area (Å²) >= 11 is 0. The first-order chi connectivity index (χ1) is 8.42. The third-order valence-electron chi connectivity index (χ3n) is 2.09. The molecular weight excluding hydrogens is 232 g/mol. The van der Waals surface area contributed by atoms with Gasteiger partial charge in [-0.3, -0.25) is 4.79 Å². The van der Waals surface area contributed by atoms with Gasteiger partial charge >= 0.3 is 0 Å². The zero-order chi connectivity index (χ0) is 13.6. The molecule has 1 aromatic rings. The number of amides is 1. The Bertz CT molecular complexity index is 399. The van der Waals surface area contributed by atoms with Crippen LogP contribution in [0.15, 0.2) is 24.3 Å². The van der Waals surface area contributed by atoms with Crippen LogP contribution in [0, 0.1) is 0 Å². The molecule has 100 valence electrons. The predicted octanol–water partition coefficient (Wildman–Crippen LogP) is 1.39. The summed E-state index contributed by atoms with van der Waals surface area (Å²) in [7, 11) is 1.55. The number of rotatable bonds is 6. The highest BCUT2D eigenvalue weighted by Crippen LogP contribution is 2.22. The van der Waals surface area contributed by atoms with Gasteiger partial charge in [-0.2, -0.15) is 0 Å². The highest BCUT2D eigenvalue weighted by Gasteiger charge is 2.12. The van der Waals surface area contributed by atoms with Crippen LogP contribution in [0.1, 0.15) is 13.8 Å². The van der Waals surface area contributed by atoms with Gasteiger partial charge in [0.1, 0.15) is 12.4 Å². The summed E-state index contributed by atoms with van der Waals surface area (Å²) < 4.78 is 10.4. The van der Waals surface area contributed by atoms with Crippen LogP contribution in [-0.4, -0.2) is 31.8 Å². The molecule has 0 unspecified atom stereocenters. The molecule has 1 rings (SSSR count). The van der Waals surface area contributed by atoms with E-state index >= 15 is 0 Å². The summed E-state index contributed by atoms with van der Waals surface area (Å²) in [5.74, 6) is 0.383. The summed E-state index contributed by atoms with van der Waals surface area (Å²) in [5, 5.41) is 2.72. The Morgan fingerprint density at radius 1 is 1.39 bits per heavy atom. The molecule has 0 spiro atoms. The maximum absolute atomic E-state index is 11.6. The largest absolute Gasteiger partial charge is 0.495 e. The molecule has 0 aromatic heterocycles. The van der Waals surface area contributed by atoms with Crippen molar-refractivity contribution in [3.8, 4) is 5.75 Å². The number of para-hydroxylation sites is 2. The fraction of sp³-hybridized carbons (Fsp3) is 0.462. The van der Waals surface area contributed by atoms with Gasteiger partial charge in [-0.05, 0) is 26.0 Å². The molecule has 0 aliphatic heterocycles. The van der Waals surface area contributed by atoms with Crippen molar-refractivity contribution < 1.29 is 14.3 Å². The van der Waals surface area contributed by atoms with Crippen molar-refractivity contribution in [2.45, 2.75) is 19.4 Å². The van der Waals surface area contributed by atoms with E-state index in [9.17, 15) is 4.79 Å². The Balaban J connectivity index is 2.45. The van der Waals surface area contributed by atoms with E-state index in [1.165, 1.54) is 0 Å². The van der Waals surface area contributed by atoms with Gasteiger partial charge in [-0.1, -0.05) is 12.1 Å². The second-order valence-corrected chi connectivity index (χ2v) is 4.73. The minimum Gasteiger partial charge on any atom is -0.495 e. The normalized spacial score (nSPS) is 11.1. The lowest BCUT2D eigenvalue weighted by Crippen LogP contribution is -2.38. The van der Waals surface area contributed by atoms with Crippen molar-refractivity contribution in [2.75, 3.05) is 25.6 Å². The first-order valence-corrected chi connectivity index (χ1v) is 5.72. The summed E-state index contributed by atoms with van der Waals surface area (Å²) in [6.07, 6.45) is 0. The lowest BCUT2D eigenvalue weighted by molar-refractivity contribution is -0.121. The third kappa shape index (κ3) is 5.16. The monoisotopic (exact) mass is 252 g/mol. The lowest BCUT2D eigenvalue weighted by atomic mass is 10.1. The molecule has 1 aromatic carbocycles. The Labute approximate surface area is 107 Å². The standard InChI is InChI=1S/C13H20N2O3/c1-13(2,14)9-18-8-12(16)15-10-6-4-5-7-11(10)17-3/h4-7H,8-9,14H2,1-3H3,(H,15,16). The summed E-state index contributed by atoms with van der Waals surface area (Å²) in [5.41, 5.74) is 5.93. The van der Waals surface area contributed by atoms with Crippen LogP contribution in [0.25, 0.3) is 0 Å². The number of carbonyl (C=O) groups excluding carboxylic acids is 1. The highest BCUT2D eigenvalue weighted by atomic mass is 16.5. The van der Waals surface area contributed by atoms with Crippen molar-refractivity contribution in [3.63, 3.8) is 0 Å². The molecule has 0 saturated heterocycles. The Morgan fingerprint density at radius 2 is 2.06 bits per heavy atom. The first kappa shape index (κ1) is 14.5. The van der Waals surface area contributed by atoms with E-state index in [1.807, 2.05) is 26.0 Å². The van der Waals surface area contributed by atoms with Crippen LogP contribution in [0.4, 0.5) is 5.69 Å². The molecular formula is C13H20N2O3. The second-order valence-electron chi connectivity index (χ2n) is 4.73. The fourth-order valence-corrected chi connectivity index (χ4v) is 1.34. The van der Waals surface area contributed by atoms with E-state index in [4.69, 9.17) is 15.2 Å². The number of nitrogens with two attached hydrogens (primary N) is 1. The van der Waals surface area contributed by atoms with E-state index in [0.29, 0.717) is 18.0 Å². The molecule has 0 bridgehead atoms. The van der Waals surface area contributed by atoms with Crippen molar-refractivity contribution in [1.29, 1.82) is 0 Å². The van der Waals surface area contributed by atoms with Gasteiger partial charge in [0.25, 0.3) is 0 Å². The minimum absolute atomic E-state index is 0.0291. The second kappa shape index (κ2) is 6.37. The Kier molecular flexibility index (Phi) is 5.12. The molecule has 3 N–H and O–H groups in total. The Morgan fingerprint density at radius 3 is 2.67 bits per heavy atom. The average Bonchev–Trinajstić information content (AvgIpc) is 2.28. The summed E-state index contributed by atoms with van der Waals surface area (Å²) in [4.78, 5) is 11.6. The maximum atomic E-state index is 11.6. The predicted molar refractivity (Wildman–Crippen MR) is 70.7 cm³/mol. The topological polar surface area (TPSA) is 73.6 Å². The van der Waals surface area contributed by atoms with Gasteiger partial charge < -0.3 is 20.5 Å². The first-order valence-electron chi connectivity index (χ1n) is 5.72. The van der Waals surface area contributed by atoms with Crippen molar-refractivity contribution in [2.24, 2.45) is 5.73 Å². The van der Waals surface area contributed by atoms with Crippen molar-refractivity contribution >= 4 is 11.6 Å². The van der Waals surface area contributed by atoms with Crippen molar-refractivity contribution in [3.05, 3.63) is 24.3 Å². The van der Waals surface area contributed by atoms with E-state index < -0.39 is 5.54 Å². The van der Waals surface area contributed by atoms with E-state index in [2.05, 4.69) is 5.32 Å². The number of ether oxygens (including phenoxy) is 2. The van der Waals surface area contributed by atoms with Crippen LogP contribution >= 0.6 is 0 Å². The minimum atomic E-state index is -0.440. The average molecular weight is 252 g/mol. The Hall–Kier alpha value is -1.59. The van der Waals surface area contributed by atoms with Gasteiger partial charge in [0, 0.05) is 5.54 Å². The molecule has 0 aliphatic carbocycles. The number of benzene rings is 1. The van der Waals surface area contributed by atoms with Gasteiger partial charge in [0.05, 0.1) is 19.4 Å². The van der Waals surface area contributed by atoms with E-state index in [0.717, 1.165) is 0 Å². The number of anilines is 1. The fourth-order valence-electron chi connectivity index (χ4n) is 1.34. The third-order valence-corrected chi connectivity index (χ3v) is 2.09. The van der Waals surface area contributed by atoms with E-state index in [-0.39, 0.29) is 12.5 Å². The van der Waals surface area contributed by atoms with Crippen LogP contribution in [0.2, 0.25) is 0 Å². The zero-order valence-electron chi connectivity index (χ0n) is 11.0. The zero-order valence-corrected chi connectivity index (χ0v) is 11.0. The summed E-state index contributed by atoms with van der Waals surface area (Å²) in [6.45, 7) is 3.97. The van der Waals surface area contributed by atoms with Crippen LogP contribution in [0.3, 0.4) is 0 Å². The quantitative estimate of drug-likeness (QED) is 0.802. The number of hydrogen-bond acceptors (Lipinski definition) is 4. The molecule has 0 radical (unpaired) electrons. The highest BCUT2D eigenvalue weighted by molar-refractivity contribution is 5.93. The SMILES string of the molecule is COc1ccccc1NC(=O)COCC(C)(C)N. The molecule has 5 nitrogen and oxygen atoms in total. The van der Waals surface area contributed by atoms with Crippen LogP contribution in [0.5, 0.6) is 5.75 Å². The molecule has 0 fully saturated rings. The summed E-state index contributed by atoms with van der Waals surface area (Å²) in [6, 6.07) is 7.20. The van der Waals surface area contributed by atoms with Crippen molar-refractivity contribution in [1.82, 2.24) is 0 Å². The van der Waals surface area contributed by atoms with Crippen LogP contribution in [-0.2, 0) is 9.53 Å².